The highest BCUT2D eigenvalue weighted by Gasteiger charge is 2.18. The molecule has 1 N–H and O–H groups in total. The molecular weight excluding hydrogens is 297 g/mol. The molecule has 5 heteroatoms. The van der Waals surface area contributed by atoms with Gasteiger partial charge in [-0.05, 0) is 25.1 Å². The van der Waals surface area contributed by atoms with Gasteiger partial charge in [0.1, 0.15) is 0 Å². The van der Waals surface area contributed by atoms with E-state index >= 15 is 0 Å². The minimum absolute atomic E-state index is 0.0392. The first-order chi connectivity index (χ1) is 11.1. The molecule has 2 aromatic carbocycles. The third-order valence-electron chi connectivity index (χ3n) is 3.84. The van der Waals surface area contributed by atoms with E-state index in [2.05, 4.69) is 0 Å². The summed E-state index contributed by atoms with van der Waals surface area (Å²) in [5, 5.41) is 10.4. The van der Waals surface area contributed by atoms with Crippen molar-refractivity contribution in [1.29, 1.82) is 0 Å². The lowest BCUT2D eigenvalue weighted by Gasteiger charge is -2.09. The van der Waals surface area contributed by atoms with Crippen molar-refractivity contribution in [2.24, 2.45) is 0 Å². The monoisotopic (exact) mass is 313 g/mol. The smallest absolute Gasteiger partial charge is 0.269 e. The van der Waals surface area contributed by atoms with Gasteiger partial charge in [0.15, 0.2) is 18.2 Å². The van der Waals surface area contributed by atoms with Gasteiger partial charge in [0.25, 0.3) is 5.91 Å². The summed E-state index contributed by atoms with van der Waals surface area (Å²) in [5.74, 6) is -0.788. The van der Waals surface area contributed by atoms with E-state index in [1.807, 2.05) is 24.3 Å². The molecule has 3 aromatic rings. The number of aliphatic hydroxyl groups is 1. The fraction of sp³-hybridized carbons (Fsp3) is 0.167. The Labute approximate surface area is 132 Å². The second kappa shape index (κ2) is 6.22. The van der Waals surface area contributed by atoms with Crippen molar-refractivity contribution in [3.05, 3.63) is 65.6 Å². The lowest BCUT2D eigenvalue weighted by Crippen LogP contribution is -2.20. The van der Waals surface area contributed by atoms with Crippen LogP contribution in [0.15, 0.2) is 48.5 Å². The molecule has 0 saturated carbocycles. The van der Waals surface area contributed by atoms with Crippen LogP contribution >= 0.6 is 0 Å². The van der Waals surface area contributed by atoms with E-state index in [4.69, 9.17) is 4.74 Å². The molecule has 0 fully saturated rings. The normalized spacial score (nSPS) is 10.9. The van der Waals surface area contributed by atoms with Gasteiger partial charge in [0.05, 0.1) is 12.1 Å². The first-order valence-corrected chi connectivity index (χ1v) is 7.23. The van der Waals surface area contributed by atoms with Crippen molar-refractivity contribution in [2.75, 3.05) is 6.61 Å². The number of ether oxygens (including phenoxy) is 1. The van der Waals surface area contributed by atoms with E-state index < -0.39 is 5.82 Å². The summed E-state index contributed by atoms with van der Waals surface area (Å²) < 4.78 is 20.4. The number of para-hydroxylation sites is 2. The summed E-state index contributed by atoms with van der Waals surface area (Å²) in [6, 6.07) is 13.3. The molecule has 0 unspecified atom stereocenters. The molecule has 0 radical (unpaired) electrons. The van der Waals surface area contributed by atoms with Crippen molar-refractivity contribution in [3.63, 3.8) is 0 Å². The fourth-order valence-corrected chi connectivity index (χ4v) is 2.72. The van der Waals surface area contributed by atoms with Crippen molar-refractivity contribution in [1.82, 2.24) is 4.57 Å². The highest BCUT2D eigenvalue weighted by atomic mass is 19.1. The minimum Gasteiger partial charge on any atom is -0.481 e. The van der Waals surface area contributed by atoms with Crippen LogP contribution < -0.4 is 4.74 Å². The number of nitrogens with zero attached hydrogens (tertiary/aromatic N) is 1. The molecule has 23 heavy (non-hydrogen) atoms. The summed E-state index contributed by atoms with van der Waals surface area (Å²) in [5.41, 5.74) is 2.08. The van der Waals surface area contributed by atoms with Crippen LogP contribution in [0.1, 0.15) is 16.1 Å². The Morgan fingerprint density at radius 3 is 2.61 bits per heavy atom. The molecule has 0 bridgehead atoms. The number of hydrogen-bond donors (Lipinski definition) is 1. The highest BCUT2D eigenvalue weighted by molar-refractivity contribution is 5.96. The molecule has 0 aliphatic carbocycles. The fourth-order valence-electron chi connectivity index (χ4n) is 2.72. The van der Waals surface area contributed by atoms with Gasteiger partial charge in [-0.15, -0.1) is 0 Å². The quantitative estimate of drug-likeness (QED) is 0.804. The molecule has 0 saturated heterocycles. The maximum atomic E-state index is 13.6. The van der Waals surface area contributed by atoms with Gasteiger partial charge in [-0.2, -0.15) is 0 Å². The first kappa shape index (κ1) is 15.2. The van der Waals surface area contributed by atoms with Crippen LogP contribution in [0.5, 0.6) is 5.75 Å². The van der Waals surface area contributed by atoms with Crippen LogP contribution in [-0.4, -0.2) is 22.2 Å². The molecule has 118 valence electrons. The van der Waals surface area contributed by atoms with Gasteiger partial charge < -0.3 is 9.84 Å². The third kappa shape index (κ3) is 2.71. The van der Waals surface area contributed by atoms with Crippen LogP contribution in [0, 0.1) is 12.7 Å². The average molecular weight is 313 g/mol. The molecule has 0 aliphatic rings. The second-order valence-electron chi connectivity index (χ2n) is 5.19. The number of benzene rings is 2. The second-order valence-corrected chi connectivity index (χ2v) is 5.19. The highest BCUT2D eigenvalue weighted by Crippen LogP contribution is 2.26. The lowest BCUT2D eigenvalue weighted by atomic mass is 10.1. The molecule has 4 nitrogen and oxygen atoms in total. The van der Waals surface area contributed by atoms with Crippen molar-refractivity contribution >= 4 is 16.8 Å². The molecule has 0 amide bonds. The van der Waals surface area contributed by atoms with Crippen LogP contribution in [0.2, 0.25) is 0 Å². The molecule has 0 atom stereocenters. The topological polar surface area (TPSA) is 51.5 Å². The van der Waals surface area contributed by atoms with Gasteiger partial charge in [-0.3, -0.25) is 9.36 Å². The average Bonchev–Trinajstić information content (AvgIpc) is 2.85. The van der Waals surface area contributed by atoms with Crippen LogP contribution in [0.4, 0.5) is 4.39 Å². The van der Waals surface area contributed by atoms with Crippen LogP contribution in [0.3, 0.4) is 0 Å². The van der Waals surface area contributed by atoms with E-state index in [-0.39, 0.29) is 24.9 Å². The summed E-state index contributed by atoms with van der Waals surface area (Å²) >= 11 is 0. The van der Waals surface area contributed by atoms with Crippen LogP contribution in [0.25, 0.3) is 10.9 Å². The van der Waals surface area contributed by atoms with Crippen LogP contribution in [-0.2, 0) is 6.61 Å². The molecular formula is C18H16FNO3. The van der Waals surface area contributed by atoms with Crippen molar-refractivity contribution < 1.29 is 19.0 Å². The molecule has 0 spiro atoms. The number of fused-ring (bicyclic) bond motifs is 1. The largest absolute Gasteiger partial charge is 0.481 e. The predicted molar refractivity (Wildman–Crippen MR) is 85.1 cm³/mol. The SMILES string of the molecule is Cc1c(CO)c2ccccc2n1C(=O)COc1ccccc1F. The summed E-state index contributed by atoms with van der Waals surface area (Å²) in [7, 11) is 0. The lowest BCUT2D eigenvalue weighted by molar-refractivity contribution is 0.0838. The molecule has 3 rings (SSSR count). The zero-order chi connectivity index (χ0) is 16.4. The third-order valence-corrected chi connectivity index (χ3v) is 3.84. The Morgan fingerprint density at radius 2 is 1.87 bits per heavy atom. The minimum atomic E-state index is -0.509. The maximum absolute atomic E-state index is 13.6. The maximum Gasteiger partial charge on any atom is 0.269 e. The van der Waals surface area contributed by atoms with E-state index in [9.17, 15) is 14.3 Å². The van der Waals surface area contributed by atoms with Gasteiger partial charge >= 0.3 is 0 Å². The summed E-state index contributed by atoms with van der Waals surface area (Å²) in [6.07, 6.45) is 0. The zero-order valence-corrected chi connectivity index (χ0v) is 12.6. The number of rotatable bonds is 4. The molecule has 1 aromatic heterocycles. The van der Waals surface area contributed by atoms with Crippen molar-refractivity contribution in [3.8, 4) is 5.75 Å². The van der Waals surface area contributed by atoms with Crippen molar-refractivity contribution in [2.45, 2.75) is 13.5 Å². The number of halogens is 1. The number of carbonyl (C=O) groups excluding carboxylic acids is 1. The van der Waals surface area contributed by atoms with Gasteiger partial charge in [0.2, 0.25) is 0 Å². The molecule has 1 heterocycles. The van der Waals surface area contributed by atoms with E-state index in [0.29, 0.717) is 16.8 Å². The Hall–Kier alpha value is -2.66. The van der Waals surface area contributed by atoms with E-state index in [1.54, 1.807) is 19.1 Å². The zero-order valence-electron chi connectivity index (χ0n) is 12.6. The van der Waals surface area contributed by atoms with Gasteiger partial charge in [-0.25, -0.2) is 4.39 Å². The number of carbonyl (C=O) groups is 1. The first-order valence-electron chi connectivity index (χ1n) is 7.23. The summed E-state index contributed by atoms with van der Waals surface area (Å²) in [6.45, 7) is 1.33. The number of hydrogen-bond acceptors (Lipinski definition) is 3. The number of aliphatic hydroxyl groups excluding tert-OH is 1. The number of aromatic nitrogens is 1. The Kier molecular flexibility index (Phi) is 4.12. The van der Waals surface area contributed by atoms with Gasteiger partial charge in [0, 0.05) is 16.6 Å². The summed E-state index contributed by atoms with van der Waals surface area (Å²) in [4.78, 5) is 12.5. The predicted octanol–water partition coefficient (Wildman–Crippen LogP) is 3.30. The van der Waals surface area contributed by atoms with Gasteiger partial charge in [-0.1, -0.05) is 30.3 Å². The molecule has 0 aliphatic heterocycles. The standard InChI is InChI=1S/C18H16FNO3/c1-12-14(10-21)13-6-2-4-8-16(13)20(12)18(22)11-23-17-9-5-3-7-15(17)19/h2-9,21H,10-11H2,1H3. The van der Waals surface area contributed by atoms with E-state index in [1.165, 1.54) is 16.7 Å². The Morgan fingerprint density at radius 1 is 1.17 bits per heavy atom. The Bertz CT molecular complexity index is 870. The van der Waals surface area contributed by atoms with E-state index in [0.717, 1.165) is 5.39 Å². The Balaban J connectivity index is 1.92.